The van der Waals surface area contributed by atoms with Crippen molar-refractivity contribution < 1.29 is 9.90 Å². The zero-order valence-corrected chi connectivity index (χ0v) is 6.20. The van der Waals surface area contributed by atoms with E-state index in [2.05, 4.69) is 4.84 Å². The molecule has 0 aliphatic rings. The Bertz CT molecular complexity index is 114. The maximum absolute atomic E-state index is 10.3. The first-order valence-corrected chi connectivity index (χ1v) is 2.95. The molecule has 0 aromatic heterocycles. The highest BCUT2D eigenvalue weighted by Gasteiger charge is 2.25. The van der Waals surface area contributed by atoms with Crippen LogP contribution in [0.2, 0.25) is 0 Å². The summed E-state index contributed by atoms with van der Waals surface area (Å²) in [6.07, 6.45) is 0. The summed E-state index contributed by atoms with van der Waals surface area (Å²) in [7, 11) is 0. The van der Waals surface area contributed by atoms with Gasteiger partial charge in [-0.3, -0.25) is 4.79 Å². The van der Waals surface area contributed by atoms with Crippen LogP contribution >= 0.6 is 11.8 Å². The van der Waals surface area contributed by atoms with Gasteiger partial charge in [0, 0.05) is 6.54 Å². The van der Waals surface area contributed by atoms with E-state index in [0.717, 1.165) is 0 Å². The molecule has 9 heavy (non-hydrogen) atoms. The second kappa shape index (κ2) is 3.03. The number of halogens is 1. The van der Waals surface area contributed by atoms with E-state index >= 15 is 0 Å². The number of hydrogen-bond donors (Lipinski definition) is 2. The Balaban J connectivity index is 3.85. The maximum Gasteiger partial charge on any atom is 0.310 e. The van der Waals surface area contributed by atoms with E-state index in [1.165, 1.54) is 0 Å². The Hall–Kier alpha value is -0.280. The Morgan fingerprint density at radius 1 is 1.78 bits per heavy atom. The van der Waals surface area contributed by atoms with Gasteiger partial charge in [-0.2, -0.15) is 0 Å². The number of aliphatic carboxylic acids is 1. The molecule has 0 aromatic rings. The minimum absolute atomic E-state index is 0.268. The molecule has 0 unspecified atom stereocenters. The van der Waals surface area contributed by atoms with E-state index in [9.17, 15) is 4.79 Å². The zero-order chi connectivity index (χ0) is 7.49. The summed E-state index contributed by atoms with van der Waals surface area (Å²) >= 11 is 5.12. The smallest absolute Gasteiger partial charge is 0.310 e. The lowest BCUT2D eigenvalue weighted by atomic mass is 9.95. The van der Waals surface area contributed by atoms with Crippen LogP contribution in [0.5, 0.6) is 0 Å². The average molecular weight is 152 g/mol. The number of carboxylic acids is 1. The van der Waals surface area contributed by atoms with Gasteiger partial charge < -0.3 is 5.11 Å². The molecule has 0 spiro atoms. The molecule has 0 heterocycles. The summed E-state index contributed by atoms with van der Waals surface area (Å²) in [6.45, 7) is 3.47. The van der Waals surface area contributed by atoms with Crippen molar-refractivity contribution in [2.75, 3.05) is 6.54 Å². The van der Waals surface area contributed by atoms with Crippen molar-refractivity contribution in [2.45, 2.75) is 13.8 Å². The van der Waals surface area contributed by atoms with Crippen molar-refractivity contribution in [3.8, 4) is 0 Å². The van der Waals surface area contributed by atoms with Crippen LogP contribution in [0.1, 0.15) is 13.8 Å². The number of carbonyl (C=O) groups is 1. The highest BCUT2D eigenvalue weighted by Crippen LogP contribution is 2.12. The third-order valence-electron chi connectivity index (χ3n) is 1.09. The number of rotatable bonds is 3. The van der Waals surface area contributed by atoms with Gasteiger partial charge in [-0.1, -0.05) is 0 Å². The molecule has 0 atom stereocenters. The van der Waals surface area contributed by atoms with E-state index in [0.29, 0.717) is 0 Å². The topological polar surface area (TPSA) is 49.3 Å². The highest BCUT2D eigenvalue weighted by molar-refractivity contribution is 6.13. The van der Waals surface area contributed by atoms with Crippen LogP contribution in [0.25, 0.3) is 0 Å². The molecule has 0 saturated heterocycles. The molecule has 0 saturated carbocycles. The van der Waals surface area contributed by atoms with Crippen LogP contribution in [-0.2, 0) is 4.79 Å². The van der Waals surface area contributed by atoms with Gasteiger partial charge in [0.2, 0.25) is 0 Å². The van der Waals surface area contributed by atoms with Gasteiger partial charge in [-0.05, 0) is 25.6 Å². The molecule has 0 aliphatic heterocycles. The average Bonchev–Trinajstić information content (AvgIpc) is 1.65. The third kappa shape index (κ3) is 2.67. The molecule has 0 radical (unpaired) electrons. The predicted octanol–water partition coefficient (Wildman–Crippen LogP) is 0.841. The van der Waals surface area contributed by atoms with Crippen LogP contribution in [0, 0.1) is 5.41 Å². The Morgan fingerprint density at radius 3 is 2.33 bits per heavy atom. The van der Waals surface area contributed by atoms with E-state index in [-0.39, 0.29) is 6.54 Å². The van der Waals surface area contributed by atoms with Crippen molar-refractivity contribution in [3.63, 3.8) is 0 Å². The molecule has 4 heteroatoms. The molecule has 3 nitrogen and oxygen atoms in total. The number of nitrogens with one attached hydrogen (secondary N) is 1. The standard InChI is InChI=1S/C5H10ClNO2/c1-5(2,3-7-6)4(8)9/h7H,3H2,1-2H3,(H,8,9). The summed E-state index contributed by atoms with van der Waals surface area (Å²) in [5.41, 5.74) is -0.776. The molecule has 0 bridgehead atoms. The summed E-state index contributed by atoms with van der Waals surface area (Å²) in [6, 6.07) is 0. The van der Waals surface area contributed by atoms with Crippen LogP contribution in [0.15, 0.2) is 0 Å². The minimum Gasteiger partial charge on any atom is -0.481 e. The monoisotopic (exact) mass is 151 g/mol. The second-order valence-electron chi connectivity index (χ2n) is 2.50. The van der Waals surface area contributed by atoms with E-state index in [1.807, 2.05) is 0 Å². The molecule has 0 aromatic carbocycles. The molecular formula is C5H10ClNO2. The van der Waals surface area contributed by atoms with E-state index in [4.69, 9.17) is 16.9 Å². The minimum atomic E-state index is -0.851. The fourth-order valence-electron chi connectivity index (χ4n) is 0.243. The fourth-order valence-corrected chi connectivity index (χ4v) is 0.577. The van der Waals surface area contributed by atoms with Gasteiger partial charge in [0.05, 0.1) is 5.41 Å². The largest absolute Gasteiger partial charge is 0.481 e. The van der Waals surface area contributed by atoms with E-state index < -0.39 is 11.4 Å². The predicted molar refractivity (Wildman–Crippen MR) is 35.3 cm³/mol. The van der Waals surface area contributed by atoms with Crippen LogP contribution in [0.3, 0.4) is 0 Å². The van der Waals surface area contributed by atoms with Crippen LogP contribution in [-0.4, -0.2) is 17.6 Å². The Morgan fingerprint density at radius 2 is 2.22 bits per heavy atom. The fraction of sp³-hybridized carbons (Fsp3) is 0.800. The first kappa shape index (κ1) is 8.72. The normalized spacial score (nSPS) is 11.4. The molecule has 2 N–H and O–H groups in total. The molecule has 0 amide bonds. The molecule has 54 valence electrons. The summed E-state index contributed by atoms with van der Waals surface area (Å²) < 4.78 is 0. The van der Waals surface area contributed by atoms with Crippen molar-refractivity contribution in [1.29, 1.82) is 0 Å². The van der Waals surface area contributed by atoms with Crippen molar-refractivity contribution in [2.24, 2.45) is 5.41 Å². The summed E-state index contributed by atoms with van der Waals surface area (Å²) in [4.78, 5) is 12.6. The Labute approximate surface area is 59.1 Å². The maximum atomic E-state index is 10.3. The quantitative estimate of drug-likeness (QED) is 0.588. The number of hydrogen-bond acceptors (Lipinski definition) is 2. The van der Waals surface area contributed by atoms with Crippen LogP contribution < -0.4 is 4.84 Å². The lowest BCUT2D eigenvalue weighted by molar-refractivity contribution is -0.146. The van der Waals surface area contributed by atoms with Crippen molar-refractivity contribution >= 4 is 17.7 Å². The van der Waals surface area contributed by atoms with Gasteiger partial charge in [0.25, 0.3) is 0 Å². The molecule has 0 aliphatic carbocycles. The second-order valence-corrected chi connectivity index (χ2v) is 2.77. The molecule has 0 rings (SSSR count). The molecule has 0 fully saturated rings. The Kier molecular flexibility index (Phi) is 2.94. The lowest BCUT2D eigenvalue weighted by Gasteiger charge is -2.16. The van der Waals surface area contributed by atoms with E-state index in [1.54, 1.807) is 13.8 Å². The van der Waals surface area contributed by atoms with Crippen molar-refractivity contribution in [1.82, 2.24) is 4.84 Å². The SMILES string of the molecule is CC(C)(CNCl)C(=O)O. The zero-order valence-electron chi connectivity index (χ0n) is 5.44. The van der Waals surface area contributed by atoms with Gasteiger partial charge in [0.1, 0.15) is 0 Å². The lowest BCUT2D eigenvalue weighted by Crippen LogP contribution is -2.32. The van der Waals surface area contributed by atoms with Gasteiger partial charge >= 0.3 is 5.97 Å². The first-order valence-electron chi connectivity index (χ1n) is 2.57. The third-order valence-corrected chi connectivity index (χ3v) is 1.22. The summed E-state index contributed by atoms with van der Waals surface area (Å²) in [5.74, 6) is -0.851. The van der Waals surface area contributed by atoms with Gasteiger partial charge in [-0.25, -0.2) is 4.84 Å². The molecular weight excluding hydrogens is 142 g/mol. The summed E-state index contributed by atoms with van der Waals surface area (Å²) in [5, 5.41) is 8.47. The first-order chi connectivity index (χ1) is 4.00. The van der Waals surface area contributed by atoms with Gasteiger partial charge in [0.15, 0.2) is 0 Å². The van der Waals surface area contributed by atoms with Crippen LogP contribution in [0.4, 0.5) is 0 Å². The number of carboxylic acid groups (broad SMARTS) is 1. The van der Waals surface area contributed by atoms with Gasteiger partial charge in [-0.15, -0.1) is 0 Å². The highest BCUT2D eigenvalue weighted by atomic mass is 35.5. The van der Waals surface area contributed by atoms with Crippen molar-refractivity contribution in [3.05, 3.63) is 0 Å².